The predicted molar refractivity (Wildman–Crippen MR) is 259 cm³/mol. The number of hydrogen-bond acceptors (Lipinski definition) is 3. The molecule has 12 aromatic rings. The minimum atomic E-state index is -0.402. The molecule has 13 rings (SSSR count). The van der Waals surface area contributed by atoms with Crippen LogP contribution in [0, 0.1) is 5.92 Å². The second kappa shape index (κ2) is 13.8. The highest BCUT2D eigenvalue weighted by Crippen LogP contribution is 2.42. The summed E-state index contributed by atoms with van der Waals surface area (Å²) in [6.07, 6.45) is 1.37. The Labute approximate surface area is 358 Å². The third kappa shape index (κ3) is 5.35. The fourth-order valence-electron chi connectivity index (χ4n) is 10.6. The van der Waals surface area contributed by atoms with Crippen molar-refractivity contribution in [3.8, 4) is 5.69 Å². The lowest BCUT2D eigenvalue weighted by Gasteiger charge is -2.34. The van der Waals surface area contributed by atoms with Gasteiger partial charge in [0.2, 0.25) is 0 Å². The number of aromatic nitrogens is 2. The fraction of sp³-hybridized carbons (Fsp3) is 0.105. The van der Waals surface area contributed by atoms with Crippen molar-refractivity contribution in [2.24, 2.45) is 10.9 Å². The first-order chi connectivity index (χ1) is 30.7. The van der Waals surface area contributed by atoms with E-state index in [0.29, 0.717) is 5.92 Å². The minimum Gasteiger partial charge on any atom is -0.454 e. The number of furan rings is 1. The van der Waals surface area contributed by atoms with Gasteiger partial charge in [0.25, 0.3) is 0 Å². The van der Waals surface area contributed by atoms with Gasteiger partial charge in [-0.05, 0) is 100.0 Å². The Balaban J connectivity index is 1.09. The van der Waals surface area contributed by atoms with Gasteiger partial charge in [-0.3, -0.25) is 5.32 Å². The minimum absolute atomic E-state index is 0.0552. The molecule has 3 aromatic heterocycles. The van der Waals surface area contributed by atoms with E-state index in [1.807, 2.05) is 0 Å². The summed E-state index contributed by atoms with van der Waals surface area (Å²) in [5.74, 6) is 0.297. The standard InChI is InChI=1S/C57H42N4O/c1-35-29-30-48(58-57(59-55(35)45-24-14-18-36-15-4-5-19-40(36)45)61-50-26-11-6-20-41(50)42-21-7-12-27-51(42)61)39-32-47-44-23-9-13-28-54(44)62-56(47)53(34-39)60-49-25-10-8-22-43(49)46-31-37-16-2-3-17-38(37)33-52(46)60/h2-28,31-35,55,57,59H,29-30H2,1H3/t35-,55?,57?/m1/s1. The van der Waals surface area contributed by atoms with Gasteiger partial charge in [-0.15, -0.1) is 0 Å². The topological polar surface area (TPSA) is 47.4 Å². The van der Waals surface area contributed by atoms with Crippen LogP contribution >= 0.6 is 0 Å². The Hall–Kier alpha value is -7.47. The first kappa shape index (κ1) is 35.3. The second-order valence-electron chi connectivity index (χ2n) is 17.1. The number of nitrogens with one attached hydrogen (secondary N) is 1. The zero-order valence-electron chi connectivity index (χ0n) is 34.3. The average Bonchev–Trinajstić information content (AvgIpc) is 3.97. The highest BCUT2D eigenvalue weighted by molar-refractivity contribution is 6.17. The lowest BCUT2D eigenvalue weighted by Crippen LogP contribution is -2.35. The molecule has 3 atom stereocenters. The van der Waals surface area contributed by atoms with Crippen molar-refractivity contribution < 1.29 is 4.42 Å². The summed E-state index contributed by atoms with van der Waals surface area (Å²) in [7, 11) is 0. The maximum absolute atomic E-state index is 6.89. The zero-order valence-corrected chi connectivity index (χ0v) is 34.3. The number of rotatable bonds is 4. The molecule has 1 aliphatic heterocycles. The number of nitrogens with zero attached hydrogens (tertiary/aromatic N) is 3. The molecule has 5 heteroatoms. The monoisotopic (exact) mass is 798 g/mol. The SMILES string of the molecule is C[C@@H]1CCC(c2cc(-n3c4ccccc4c4cc5ccccc5cc43)c3oc4ccccc4c3c2)=NC(n2c3ccccc3c3ccccc32)NC1c1cccc2ccccc12. The summed E-state index contributed by atoms with van der Waals surface area (Å²) < 4.78 is 11.8. The summed E-state index contributed by atoms with van der Waals surface area (Å²) in [6, 6.07) is 68.4. The molecule has 0 aliphatic carbocycles. The molecule has 296 valence electrons. The van der Waals surface area contributed by atoms with Crippen molar-refractivity contribution >= 4 is 92.8 Å². The van der Waals surface area contributed by atoms with Crippen LogP contribution in [-0.2, 0) is 0 Å². The van der Waals surface area contributed by atoms with E-state index in [0.717, 1.165) is 73.8 Å². The van der Waals surface area contributed by atoms with Gasteiger partial charge in [-0.1, -0.05) is 146 Å². The summed E-state index contributed by atoms with van der Waals surface area (Å²) in [4.78, 5) is 5.93. The molecular weight excluding hydrogens is 757 g/mol. The largest absolute Gasteiger partial charge is 0.454 e. The maximum Gasteiger partial charge on any atom is 0.181 e. The van der Waals surface area contributed by atoms with E-state index in [9.17, 15) is 0 Å². The molecule has 1 aliphatic rings. The number of hydrogen-bond donors (Lipinski definition) is 1. The number of fused-ring (bicyclic) bond motifs is 11. The van der Waals surface area contributed by atoms with Crippen molar-refractivity contribution in [1.29, 1.82) is 0 Å². The number of para-hydroxylation sites is 4. The van der Waals surface area contributed by atoms with E-state index < -0.39 is 6.29 Å². The predicted octanol–water partition coefficient (Wildman–Crippen LogP) is 14.8. The van der Waals surface area contributed by atoms with Crippen LogP contribution in [0.1, 0.15) is 43.2 Å². The summed E-state index contributed by atoms with van der Waals surface area (Å²) in [5.41, 5.74) is 10.9. The normalized spacial score (nSPS) is 17.5. The van der Waals surface area contributed by atoms with E-state index in [4.69, 9.17) is 9.41 Å². The van der Waals surface area contributed by atoms with Crippen LogP contribution in [0.25, 0.3) is 92.8 Å². The molecule has 1 N–H and O–H groups in total. The molecule has 2 unspecified atom stereocenters. The summed E-state index contributed by atoms with van der Waals surface area (Å²) >= 11 is 0. The van der Waals surface area contributed by atoms with Gasteiger partial charge in [0.15, 0.2) is 11.9 Å². The van der Waals surface area contributed by atoms with Gasteiger partial charge in [0.1, 0.15) is 5.58 Å². The van der Waals surface area contributed by atoms with Crippen molar-refractivity contribution in [2.75, 3.05) is 0 Å². The first-order valence-corrected chi connectivity index (χ1v) is 21.8. The number of aliphatic imine (C=N–C) groups is 1. The summed E-state index contributed by atoms with van der Waals surface area (Å²) in [5, 5.41) is 16.3. The van der Waals surface area contributed by atoms with Crippen molar-refractivity contribution in [3.63, 3.8) is 0 Å². The Morgan fingerprint density at radius 1 is 0.516 bits per heavy atom. The summed E-state index contributed by atoms with van der Waals surface area (Å²) in [6.45, 7) is 2.41. The highest BCUT2D eigenvalue weighted by Gasteiger charge is 2.30. The smallest absolute Gasteiger partial charge is 0.181 e. The van der Waals surface area contributed by atoms with E-state index in [2.05, 4.69) is 209 Å². The van der Waals surface area contributed by atoms with Crippen LogP contribution in [0.2, 0.25) is 0 Å². The molecule has 0 spiro atoms. The van der Waals surface area contributed by atoms with Crippen LogP contribution in [0.4, 0.5) is 0 Å². The molecule has 9 aromatic carbocycles. The van der Waals surface area contributed by atoms with Gasteiger partial charge < -0.3 is 13.6 Å². The van der Waals surface area contributed by atoms with Crippen molar-refractivity contribution in [3.05, 3.63) is 199 Å². The third-order valence-corrected chi connectivity index (χ3v) is 13.6. The van der Waals surface area contributed by atoms with E-state index >= 15 is 0 Å². The molecule has 0 radical (unpaired) electrons. The van der Waals surface area contributed by atoms with Gasteiger partial charge in [-0.25, -0.2) is 4.99 Å². The van der Waals surface area contributed by atoms with Crippen LogP contribution in [0.5, 0.6) is 0 Å². The van der Waals surface area contributed by atoms with Gasteiger partial charge in [-0.2, -0.15) is 0 Å². The van der Waals surface area contributed by atoms with Crippen LogP contribution in [-0.4, -0.2) is 14.8 Å². The number of benzene rings is 9. The molecule has 0 bridgehead atoms. The van der Waals surface area contributed by atoms with Crippen molar-refractivity contribution in [1.82, 2.24) is 14.5 Å². The quantitative estimate of drug-likeness (QED) is 0.193. The molecule has 62 heavy (non-hydrogen) atoms. The van der Waals surface area contributed by atoms with Gasteiger partial charge in [0, 0.05) is 44.1 Å². The van der Waals surface area contributed by atoms with Gasteiger partial charge in [0.05, 0.1) is 27.8 Å². The lowest BCUT2D eigenvalue weighted by molar-refractivity contribution is 0.292. The Bertz CT molecular complexity index is 3730. The lowest BCUT2D eigenvalue weighted by atomic mass is 9.86. The van der Waals surface area contributed by atoms with E-state index in [-0.39, 0.29) is 6.04 Å². The van der Waals surface area contributed by atoms with Crippen LogP contribution in [0.15, 0.2) is 197 Å². The fourth-order valence-corrected chi connectivity index (χ4v) is 10.6. The average molecular weight is 799 g/mol. The zero-order chi connectivity index (χ0) is 40.9. The maximum atomic E-state index is 6.89. The van der Waals surface area contributed by atoms with Gasteiger partial charge >= 0.3 is 0 Å². The Kier molecular flexibility index (Phi) is 7.85. The first-order valence-electron chi connectivity index (χ1n) is 21.8. The van der Waals surface area contributed by atoms with E-state index in [1.165, 1.54) is 48.7 Å². The molecular formula is C57H42N4O. The Morgan fingerprint density at radius 2 is 1.11 bits per heavy atom. The molecule has 4 heterocycles. The third-order valence-electron chi connectivity index (χ3n) is 13.6. The van der Waals surface area contributed by atoms with Crippen molar-refractivity contribution in [2.45, 2.75) is 32.1 Å². The van der Waals surface area contributed by atoms with E-state index in [1.54, 1.807) is 0 Å². The Morgan fingerprint density at radius 3 is 1.87 bits per heavy atom. The molecule has 0 saturated carbocycles. The molecule has 5 nitrogen and oxygen atoms in total. The van der Waals surface area contributed by atoms with Crippen LogP contribution < -0.4 is 5.32 Å². The molecule has 0 fully saturated rings. The second-order valence-corrected chi connectivity index (χ2v) is 17.1. The molecule has 0 amide bonds. The molecule has 0 saturated heterocycles. The highest BCUT2D eigenvalue weighted by atomic mass is 16.3. The van der Waals surface area contributed by atoms with Crippen LogP contribution in [0.3, 0.4) is 0 Å².